The fourth-order valence-electron chi connectivity index (χ4n) is 1.58. The van der Waals surface area contributed by atoms with Crippen LogP contribution in [-0.4, -0.2) is 42.2 Å². The van der Waals surface area contributed by atoms with E-state index in [1.165, 1.54) is 0 Å². The molecular formula is C15H22N2O4. The number of benzene rings is 1. The number of nitrogens with one attached hydrogen (secondary N) is 1. The Morgan fingerprint density at radius 1 is 1.38 bits per heavy atom. The smallest absolute Gasteiger partial charge is 0.341 e. The number of hydrogen-bond donors (Lipinski definition) is 2. The highest BCUT2D eigenvalue weighted by molar-refractivity contribution is 5.89. The lowest BCUT2D eigenvalue weighted by Gasteiger charge is -2.19. The largest absolute Gasteiger partial charge is 0.482 e. The van der Waals surface area contributed by atoms with Gasteiger partial charge in [0.1, 0.15) is 5.75 Å². The zero-order chi connectivity index (χ0) is 15.8. The average molecular weight is 294 g/mol. The lowest BCUT2D eigenvalue weighted by atomic mass is 10.1. The van der Waals surface area contributed by atoms with Gasteiger partial charge in [-0.05, 0) is 24.5 Å². The van der Waals surface area contributed by atoms with Gasteiger partial charge < -0.3 is 20.1 Å². The molecule has 0 saturated heterocycles. The molecule has 116 valence electrons. The van der Waals surface area contributed by atoms with Gasteiger partial charge in [-0.25, -0.2) is 9.59 Å². The molecule has 2 N–H and O–H groups in total. The van der Waals surface area contributed by atoms with Crippen LogP contribution >= 0.6 is 0 Å². The third-order valence-electron chi connectivity index (χ3n) is 2.84. The molecule has 21 heavy (non-hydrogen) atoms. The van der Waals surface area contributed by atoms with Crippen LogP contribution < -0.4 is 10.1 Å². The Bertz CT molecular complexity index is 488. The Labute approximate surface area is 124 Å². The van der Waals surface area contributed by atoms with Gasteiger partial charge in [0.25, 0.3) is 0 Å². The molecule has 0 heterocycles. The van der Waals surface area contributed by atoms with Crippen molar-refractivity contribution in [3.8, 4) is 5.75 Å². The summed E-state index contributed by atoms with van der Waals surface area (Å²) in [5.41, 5.74) is 0.569. The number of nitrogens with zero attached hydrogens (tertiary/aromatic N) is 1. The molecule has 2 amide bonds. The van der Waals surface area contributed by atoms with Gasteiger partial charge in [0, 0.05) is 25.3 Å². The van der Waals surface area contributed by atoms with Crippen LogP contribution in [0.25, 0.3) is 0 Å². The highest BCUT2D eigenvalue weighted by atomic mass is 16.5. The number of aliphatic carboxylic acids is 1. The molecule has 0 radical (unpaired) electrons. The molecule has 0 spiro atoms. The van der Waals surface area contributed by atoms with E-state index in [0.717, 1.165) is 6.42 Å². The first-order valence-electron chi connectivity index (χ1n) is 6.85. The predicted molar refractivity (Wildman–Crippen MR) is 80.7 cm³/mol. The number of hydrogen-bond acceptors (Lipinski definition) is 3. The number of carbonyl (C=O) groups is 2. The minimum Gasteiger partial charge on any atom is -0.482 e. The number of anilines is 1. The van der Waals surface area contributed by atoms with Crippen molar-refractivity contribution >= 4 is 17.7 Å². The van der Waals surface area contributed by atoms with E-state index in [0.29, 0.717) is 23.9 Å². The first kappa shape index (κ1) is 16.8. The normalized spacial score (nSPS) is 10.3. The third-order valence-corrected chi connectivity index (χ3v) is 2.84. The quantitative estimate of drug-likeness (QED) is 0.810. The second-order valence-corrected chi connectivity index (χ2v) is 5.24. The van der Waals surface area contributed by atoms with Crippen LogP contribution in [0.5, 0.6) is 5.75 Å². The first-order valence-corrected chi connectivity index (χ1v) is 6.85. The van der Waals surface area contributed by atoms with Gasteiger partial charge in [0.05, 0.1) is 0 Å². The first-order chi connectivity index (χ1) is 9.88. The highest BCUT2D eigenvalue weighted by Crippen LogP contribution is 2.17. The van der Waals surface area contributed by atoms with E-state index in [4.69, 9.17) is 9.84 Å². The highest BCUT2D eigenvalue weighted by Gasteiger charge is 2.10. The molecule has 0 fully saturated rings. The summed E-state index contributed by atoms with van der Waals surface area (Å²) < 4.78 is 5.06. The van der Waals surface area contributed by atoms with Crippen LogP contribution in [0.4, 0.5) is 10.5 Å². The van der Waals surface area contributed by atoms with Crippen molar-refractivity contribution < 1.29 is 19.4 Å². The Balaban J connectivity index is 2.55. The molecule has 6 nitrogen and oxygen atoms in total. The van der Waals surface area contributed by atoms with Gasteiger partial charge in [-0.3, -0.25) is 0 Å². The maximum Gasteiger partial charge on any atom is 0.341 e. The number of carboxylic acids is 1. The van der Waals surface area contributed by atoms with Crippen LogP contribution in [-0.2, 0) is 4.79 Å². The lowest BCUT2D eigenvalue weighted by molar-refractivity contribution is -0.139. The standard InChI is InChI=1S/C15H22N2O4/c1-11(2)7-8-17(3)15(20)16-12-5-4-6-13(9-12)21-10-14(18)19/h4-6,9,11H,7-8,10H2,1-3H3,(H,16,20)(H,18,19). The van der Waals surface area contributed by atoms with E-state index >= 15 is 0 Å². The summed E-state index contributed by atoms with van der Waals surface area (Å²) in [4.78, 5) is 24.0. The molecule has 0 aliphatic rings. The van der Waals surface area contributed by atoms with Crippen LogP contribution in [0.1, 0.15) is 20.3 Å². The molecule has 1 aromatic rings. The van der Waals surface area contributed by atoms with E-state index in [9.17, 15) is 9.59 Å². The maximum absolute atomic E-state index is 12.0. The van der Waals surface area contributed by atoms with Crippen molar-refractivity contribution in [1.82, 2.24) is 4.90 Å². The molecule has 1 rings (SSSR count). The van der Waals surface area contributed by atoms with Gasteiger partial charge in [-0.15, -0.1) is 0 Å². The second-order valence-electron chi connectivity index (χ2n) is 5.24. The number of carbonyl (C=O) groups excluding carboxylic acids is 1. The second kappa shape index (κ2) is 8.14. The zero-order valence-electron chi connectivity index (χ0n) is 12.6. The maximum atomic E-state index is 12.0. The van der Waals surface area contributed by atoms with Crippen molar-refractivity contribution in [2.45, 2.75) is 20.3 Å². The molecular weight excluding hydrogens is 272 g/mol. The van der Waals surface area contributed by atoms with Crippen LogP contribution in [0, 0.1) is 5.92 Å². The molecule has 0 aliphatic heterocycles. The van der Waals surface area contributed by atoms with E-state index in [1.54, 1.807) is 36.2 Å². The van der Waals surface area contributed by atoms with E-state index in [2.05, 4.69) is 19.2 Å². The summed E-state index contributed by atoms with van der Waals surface area (Å²) in [5, 5.41) is 11.3. The minimum atomic E-state index is -1.04. The number of rotatable bonds is 7. The number of urea groups is 1. The molecule has 0 saturated carbocycles. The van der Waals surface area contributed by atoms with Gasteiger partial charge >= 0.3 is 12.0 Å². The Morgan fingerprint density at radius 3 is 2.71 bits per heavy atom. The SMILES string of the molecule is CC(C)CCN(C)C(=O)Nc1cccc(OCC(=O)O)c1. The van der Waals surface area contributed by atoms with Gasteiger partial charge in [-0.1, -0.05) is 19.9 Å². The van der Waals surface area contributed by atoms with E-state index in [-0.39, 0.29) is 6.03 Å². The van der Waals surface area contributed by atoms with Crippen LogP contribution in [0.15, 0.2) is 24.3 Å². The van der Waals surface area contributed by atoms with Crippen molar-refractivity contribution in [3.05, 3.63) is 24.3 Å². The van der Waals surface area contributed by atoms with Crippen LogP contribution in [0.3, 0.4) is 0 Å². The monoisotopic (exact) mass is 294 g/mol. The van der Waals surface area contributed by atoms with Gasteiger partial charge in [-0.2, -0.15) is 0 Å². The predicted octanol–water partition coefficient (Wildman–Crippen LogP) is 2.66. The zero-order valence-corrected chi connectivity index (χ0v) is 12.6. The lowest BCUT2D eigenvalue weighted by Crippen LogP contribution is -2.32. The Kier molecular flexibility index (Phi) is 6.52. The van der Waals surface area contributed by atoms with Crippen molar-refractivity contribution in [3.63, 3.8) is 0 Å². The molecule has 0 aliphatic carbocycles. The summed E-state index contributed by atoms with van der Waals surface area (Å²) in [7, 11) is 1.74. The van der Waals surface area contributed by atoms with Gasteiger partial charge in [0.15, 0.2) is 6.61 Å². The topological polar surface area (TPSA) is 78.9 Å². The van der Waals surface area contributed by atoms with Crippen molar-refractivity contribution in [2.24, 2.45) is 5.92 Å². The van der Waals surface area contributed by atoms with E-state index in [1.807, 2.05) is 0 Å². The summed E-state index contributed by atoms with van der Waals surface area (Å²) in [6.45, 7) is 4.48. The minimum absolute atomic E-state index is 0.203. The summed E-state index contributed by atoms with van der Waals surface area (Å²) in [6.07, 6.45) is 0.936. The molecule has 0 unspecified atom stereocenters. The summed E-state index contributed by atoms with van der Waals surface area (Å²) in [5.74, 6) is -0.106. The van der Waals surface area contributed by atoms with E-state index < -0.39 is 12.6 Å². The Morgan fingerprint density at radius 2 is 2.10 bits per heavy atom. The molecule has 0 bridgehead atoms. The molecule has 0 aromatic heterocycles. The third kappa shape index (κ3) is 6.65. The number of ether oxygens (including phenoxy) is 1. The van der Waals surface area contributed by atoms with Crippen molar-refractivity contribution in [1.29, 1.82) is 0 Å². The molecule has 6 heteroatoms. The molecule has 1 aromatic carbocycles. The van der Waals surface area contributed by atoms with Gasteiger partial charge in [0.2, 0.25) is 0 Å². The average Bonchev–Trinajstić information content (AvgIpc) is 2.42. The van der Waals surface area contributed by atoms with Crippen LogP contribution in [0.2, 0.25) is 0 Å². The summed E-state index contributed by atoms with van der Waals surface area (Å²) in [6, 6.07) is 6.45. The van der Waals surface area contributed by atoms with Crippen molar-refractivity contribution in [2.75, 3.05) is 25.5 Å². The number of carboxylic acid groups (broad SMARTS) is 1. The molecule has 0 atom stereocenters. The number of amides is 2. The fraction of sp³-hybridized carbons (Fsp3) is 0.467. The Hall–Kier alpha value is -2.24. The fourth-order valence-corrected chi connectivity index (χ4v) is 1.58. The summed E-state index contributed by atoms with van der Waals surface area (Å²) >= 11 is 0.